The van der Waals surface area contributed by atoms with Crippen LogP contribution in [0.2, 0.25) is 0 Å². The summed E-state index contributed by atoms with van der Waals surface area (Å²) >= 11 is 0. The van der Waals surface area contributed by atoms with Crippen molar-refractivity contribution in [3.05, 3.63) is 41.6 Å². The number of fused-ring (bicyclic) bond motifs is 1. The largest absolute Gasteiger partial charge is 0.342 e. The van der Waals surface area contributed by atoms with E-state index in [1.54, 1.807) is 18.0 Å². The van der Waals surface area contributed by atoms with Crippen molar-refractivity contribution in [1.29, 1.82) is 0 Å². The van der Waals surface area contributed by atoms with E-state index in [9.17, 15) is 9.59 Å². The van der Waals surface area contributed by atoms with Crippen molar-refractivity contribution in [3.8, 4) is 0 Å². The van der Waals surface area contributed by atoms with Crippen LogP contribution in [-0.4, -0.2) is 40.7 Å². The summed E-state index contributed by atoms with van der Waals surface area (Å²) in [4.78, 5) is 28.6. The lowest BCUT2D eigenvalue weighted by molar-refractivity contribution is -0.137. The molecule has 2 N–H and O–H groups in total. The summed E-state index contributed by atoms with van der Waals surface area (Å²) in [6, 6.07) is 7.82. The summed E-state index contributed by atoms with van der Waals surface area (Å²) in [5, 5.41) is 0. The molecule has 1 saturated heterocycles. The van der Waals surface area contributed by atoms with Crippen molar-refractivity contribution < 1.29 is 9.59 Å². The minimum Gasteiger partial charge on any atom is -0.342 e. The zero-order valence-electron chi connectivity index (χ0n) is 15.6. The third-order valence-corrected chi connectivity index (χ3v) is 5.50. The molecular weight excluding hydrogens is 350 g/mol. The van der Waals surface area contributed by atoms with Crippen molar-refractivity contribution >= 4 is 30.3 Å². The number of piperidine rings is 1. The van der Waals surface area contributed by atoms with E-state index in [-0.39, 0.29) is 41.7 Å². The molecule has 5 nitrogen and oxygen atoms in total. The second-order valence-electron chi connectivity index (χ2n) is 7.79. The Balaban J connectivity index is 0.00000243. The highest BCUT2D eigenvalue weighted by Gasteiger charge is 2.37. The van der Waals surface area contributed by atoms with Gasteiger partial charge in [-0.2, -0.15) is 0 Å². The molecule has 0 aliphatic carbocycles. The molecule has 2 heterocycles. The van der Waals surface area contributed by atoms with E-state index in [0.717, 1.165) is 17.5 Å². The lowest BCUT2D eigenvalue weighted by atomic mass is 9.79. The van der Waals surface area contributed by atoms with Gasteiger partial charge in [-0.05, 0) is 29.0 Å². The molecule has 0 bridgehead atoms. The highest BCUT2D eigenvalue weighted by atomic mass is 35.5. The number of likely N-dealkylation sites (tertiary alicyclic amines) is 1. The molecule has 0 radical (unpaired) electrons. The van der Waals surface area contributed by atoms with Crippen LogP contribution in [-0.2, 0) is 9.59 Å². The number of carbonyl (C=O) groups is 2. The van der Waals surface area contributed by atoms with Gasteiger partial charge in [0.15, 0.2) is 0 Å². The van der Waals surface area contributed by atoms with Crippen LogP contribution in [0.25, 0.3) is 6.08 Å². The number of hydrogen-bond donors (Lipinski definition) is 1. The number of carbonyl (C=O) groups excluding carboxylic acids is 2. The molecule has 0 saturated carbocycles. The molecule has 2 atom stereocenters. The van der Waals surface area contributed by atoms with Crippen LogP contribution in [0.4, 0.5) is 0 Å². The predicted molar refractivity (Wildman–Crippen MR) is 106 cm³/mol. The fourth-order valence-corrected chi connectivity index (χ4v) is 3.79. The first kappa shape index (κ1) is 20.5. The topological polar surface area (TPSA) is 66.6 Å². The van der Waals surface area contributed by atoms with Crippen molar-refractivity contribution in [2.75, 3.05) is 13.1 Å². The van der Waals surface area contributed by atoms with Gasteiger partial charge in [-0.3, -0.25) is 9.59 Å². The molecule has 0 spiro atoms. The summed E-state index contributed by atoms with van der Waals surface area (Å²) in [6.07, 6.45) is 4.84. The molecule has 2 aliphatic heterocycles. The van der Waals surface area contributed by atoms with Gasteiger partial charge >= 0.3 is 0 Å². The van der Waals surface area contributed by atoms with Gasteiger partial charge in [-0.15, -0.1) is 12.4 Å². The Labute approximate surface area is 161 Å². The first-order chi connectivity index (χ1) is 11.8. The molecule has 3 rings (SSSR count). The van der Waals surface area contributed by atoms with E-state index in [2.05, 4.69) is 13.8 Å². The SMILES string of the molecule is CC(=O)N1C=Cc2ccccc2C1CC(=O)N1CCC(N)C(C)(C)C1.Cl. The van der Waals surface area contributed by atoms with Gasteiger partial charge in [0, 0.05) is 32.3 Å². The maximum Gasteiger partial charge on any atom is 0.225 e. The van der Waals surface area contributed by atoms with Gasteiger partial charge in [0.05, 0.1) is 12.5 Å². The van der Waals surface area contributed by atoms with Crippen LogP contribution in [0.5, 0.6) is 0 Å². The Morgan fingerprint density at radius 3 is 2.62 bits per heavy atom. The number of halogens is 1. The second kappa shape index (κ2) is 7.80. The van der Waals surface area contributed by atoms with Crippen LogP contribution >= 0.6 is 12.4 Å². The predicted octanol–water partition coefficient (Wildman–Crippen LogP) is 2.96. The minimum atomic E-state index is -0.245. The maximum atomic E-state index is 13.0. The summed E-state index contributed by atoms with van der Waals surface area (Å²) in [5.41, 5.74) is 8.20. The van der Waals surface area contributed by atoms with Gasteiger partial charge in [0.1, 0.15) is 0 Å². The minimum absolute atomic E-state index is 0. The van der Waals surface area contributed by atoms with Crippen LogP contribution < -0.4 is 5.73 Å². The molecule has 1 fully saturated rings. The van der Waals surface area contributed by atoms with Crippen LogP contribution in [0.1, 0.15) is 50.8 Å². The molecule has 26 heavy (non-hydrogen) atoms. The summed E-state index contributed by atoms with van der Waals surface area (Å²) in [7, 11) is 0. The molecule has 142 valence electrons. The molecule has 1 aromatic carbocycles. The molecular formula is C20H28ClN3O2. The number of hydrogen-bond acceptors (Lipinski definition) is 3. The standard InChI is InChI=1S/C20H27N3O2.ClH/c1-14(24)23-11-8-15-6-4-5-7-16(15)17(23)12-19(25)22-10-9-18(21)20(2,3)13-22;/h4-8,11,17-18H,9-10,12-13,21H2,1-3H3;1H. The molecule has 1 aromatic rings. The average Bonchev–Trinajstić information content (AvgIpc) is 2.57. The average molecular weight is 378 g/mol. The fraction of sp³-hybridized carbons (Fsp3) is 0.500. The Kier molecular flexibility index (Phi) is 6.14. The van der Waals surface area contributed by atoms with Crippen LogP contribution in [0.3, 0.4) is 0 Å². The summed E-state index contributed by atoms with van der Waals surface area (Å²) < 4.78 is 0. The van der Waals surface area contributed by atoms with Crippen LogP contribution in [0, 0.1) is 5.41 Å². The first-order valence-electron chi connectivity index (χ1n) is 8.89. The lowest BCUT2D eigenvalue weighted by Crippen LogP contribution is -2.54. The molecule has 2 aliphatic rings. The Bertz CT molecular complexity index is 717. The van der Waals surface area contributed by atoms with E-state index in [4.69, 9.17) is 5.73 Å². The van der Waals surface area contributed by atoms with E-state index in [1.165, 1.54) is 0 Å². The van der Waals surface area contributed by atoms with Crippen LogP contribution in [0.15, 0.2) is 30.5 Å². The molecule has 2 amide bonds. The summed E-state index contributed by atoms with van der Waals surface area (Å²) in [6.45, 7) is 7.11. The number of benzene rings is 1. The lowest BCUT2D eigenvalue weighted by Gasteiger charge is -2.43. The van der Waals surface area contributed by atoms with E-state index >= 15 is 0 Å². The first-order valence-corrected chi connectivity index (χ1v) is 8.89. The zero-order valence-corrected chi connectivity index (χ0v) is 16.5. The number of rotatable bonds is 2. The number of nitrogens with two attached hydrogens (primary N) is 1. The molecule has 0 aromatic heterocycles. The van der Waals surface area contributed by atoms with Gasteiger partial charge in [0.2, 0.25) is 11.8 Å². The third-order valence-electron chi connectivity index (χ3n) is 5.50. The van der Waals surface area contributed by atoms with Gasteiger partial charge in [0.25, 0.3) is 0 Å². The van der Waals surface area contributed by atoms with E-state index in [1.807, 2.05) is 35.2 Å². The van der Waals surface area contributed by atoms with E-state index < -0.39 is 0 Å². The van der Waals surface area contributed by atoms with Gasteiger partial charge < -0.3 is 15.5 Å². The highest BCUT2D eigenvalue weighted by molar-refractivity contribution is 5.85. The third kappa shape index (κ3) is 3.94. The van der Waals surface area contributed by atoms with Crippen molar-refractivity contribution in [3.63, 3.8) is 0 Å². The Morgan fingerprint density at radius 1 is 1.27 bits per heavy atom. The van der Waals surface area contributed by atoms with Crippen molar-refractivity contribution in [2.45, 2.75) is 45.7 Å². The monoisotopic (exact) mass is 377 g/mol. The number of amides is 2. The number of nitrogens with zero attached hydrogens (tertiary/aromatic N) is 2. The van der Waals surface area contributed by atoms with Crippen molar-refractivity contribution in [1.82, 2.24) is 9.80 Å². The van der Waals surface area contributed by atoms with Gasteiger partial charge in [-0.25, -0.2) is 0 Å². The quantitative estimate of drug-likeness (QED) is 0.861. The summed E-state index contributed by atoms with van der Waals surface area (Å²) in [5.74, 6) is 0.0332. The Morgan fingerprint density at radius 2 is 1.96 bits per heavy atom. The highest BCUT2D eigenvalue weighted by Crippen LogP contribution is 2.34. The maximum absolute atomic E-state index is 13.0. The van der Waals surface area contributed by atoms with Crippen molar-refractivity contribution in [2.24, 2.45) is 11.1 Å². The fourth-order valence-electron chi connectivity index (χ4n) is 3.79. The normalized spacial score (nSPS) is 23.8. The van der Waals surface area contributed by atoms with Gasteiger partial charge in [-0.1, -0.05) is 38.1 Å². The zero-order chi connectivity index (χ0) is 18.2. The molecule has 6 heteroatoms. The smallest absolute Gasteiger partial charge is 0.225 e. The Hall–Kier alpha value is -1.85. The van der Waals surface area contributed by atoms with E-state index in [0.29, 0.717) is 19.5 Å². The molecule has 2 unspecified atom stereocenters. The second-order valence-corrected chi connectivity index (χ2v) is 7.79.